The molecule has 0 radical (unpaired) electrons. The number of halogens is 1. The van der Waals surface area contributed by atoms with Crippen LogP contribution in [0.1, 0.15) is 34.4 Å². The van der Waals surface area contributed by atoms with E-state index in [2.05, 4.69) is 67.5 Å². The van der Waals surface area contributed by atoms with Gasteiger partial charge in [0, 0.05) is 23.7 Å². The second kappa shape index (κ2) is 6.45. The molecule has 3 heteroatoms. The predicted octanol–water partition coefficient (Wildman–Crippen LogP) is 1.82. The predicted molar refractivity (Wildman–Crippen MR) is 96.5 cm³/mol. The Morgan fingerprint density at radius 2 is 1.75 bits per heavy atom. The normalized spacial score (nSPS) is 12.8. The number of hydrogen-bond acceptors (Lipinski definition) is 1. The molecule has 1 aliphatic rings. The zero-order valence-corrected chi connectivity index (χ0v) is 15.2. The van der Waals surface area contributed by atoms with E-state index in [1.807, 2.05) is 0 Å². The molecule has 2 N–H and O–H groups in total. The molecule has 0 atom stereocenters. The first-order chi connectivity index (χ1) is 11.1. The van der Waals surface area contributed by atoms with Gasteiger partial charge in [-0.25, -0.2) is 4.98 Å². The van der Waals surface area contributed by atoms with Crippen molar-refractivity contribution in [3.8, 4) is 0 Å². The maximum atomic E-state index is 3.72. The van der Waals surface area contributed by atoms with Crippen LogP contribution in [0.25, 0.3) is 10.9 Å². The summed E-state index contributed by atoms with van der Waals surface area (Å²) < 4.78 is 0. The lowest BCUT2D eigenvalue weighted by atomic mass is 10.0. The number of hydrogen-bond donors (Lipinski definition) is 1. The summed E-state index contributed by atoms with van der Waals surface area (Å²) in [6.07, 6.45) is 3.55. The highest BCUT2D eigenvalue weighted by Crippen LogP contribution is 2.34. The number of aryl methyl sites for hydroxylation is 4. The molecule has 0 amide bonds. The molecule has 124 valence electrons. The fraction of sp³-hybridized carbons (Fsp3) is 0.286. The lowest BCUT2D eigenvalue weighted by molar-refractivity contribution is -0.356. The molecular formula is C21H23ClN2. The first-order valence-corrected chi connectivity index (χ1v) is 8.43. The van der Waals surface area contributed by atoms with Crippen molar-refractivity contribution in [1.82, 2.24) is 0 Å². The van der Waals surface area contributed by atoms with Crippen LogP contribution in [0.15, 0.2) is 36.4 Å². The maximum Gasteiger partial charge on any atom is 0.213 e. The van der Waals surface area contributed by atoms with Crippen molar-refractivity contribution in [2.24, 2.45) is 0 Å². The van der Waals surface area contributed by atoms with Gasteiger partial charge in [-0.05, 0) is 68.5 Å². The molecule has 2 nitrogen and oxygen atoms in total. The van der Waals surface area contributed by atoms with Crippen LogP contribution >= 0.6 is 0 Å². The molecule has 1 heterocycles. The molecular weight excluding hydrogens is 316 g/mol. The minimum absolute atomic E-state index is 0. The smallest absolute Gasteiger partial charge is 0.213 e. The molecule has 2 aromatic carbocycles. The van der Waals surface area contributed by atoms with Gasteiger partial charge in [0.15, 0.2) is 5.69 Å². The summed E-state index contributed by atoms with van der Waals surface area (Å²) in [6, 6.07) is 13.3. The number of benzene rings is 2. The first-order valence-electron chi connectivity index (χ1n) is 8.43. The number of anilines is 2. The van der Waals surface area contributed by atoms with E-state index in [9.17, 15) is 0 Å². The van der Waals surface area contributed by atoms with Crippen LogP contribution in [0.2, 0.25) is 0 Å². The van der Waals surface area contributed by atoms with Crippen LogP contribution in [-0.2, 0) is 12.8 Å². The van der Waals surface area contributed by atoms with Gasteiger partial charge in [-0.2, -0.15) is 0 Å². The van der Waals surface area contributed by atoms with E-state index in [1.165, 1.54) is 56.6 Å². The second-order valence-electron chi connectivity index (χ2n) is 6.78. The van der Waals surface area contributed by atoms with Crippen LogP contribution in [-0.4, -0.2) is 0 Å². The zero-order valence-electron chi connectivity index (χ0n) is 14.5. The van der Waals surface area contributed by atoms with Gasteiger partial charge in [-0.15, -0.1) is 0 Å². The van der Waals surface area contributed by atoms with Gasteiger partial charge in [0.1, 0.15) is 0 Å². The van der Waals surface area contributed by atoms with Crippen LogP contribution in [0, 0.1) is 20.8 Å². The van der Waals surface area contributed by atoms with Crippen molar-refractivity contribution in [1.29, 1.82) is 0 Å². The summed E-state index contributed by atoms with van der Waals surface area (Å²) in [6.45, 7) is 6.49. The topological polar surface area (TPSA) is 26.2 Å². The summed E-state index contributed by atoms with van der Waals surface area (Å²) in [5, 5.41) is 5.02. The minimum Gasteiger partial charge on any atom is -1.00 e. The van der Waals surface area contributed by atoms with Gasteiger partial charge >= 0.3 is 0 Å². The highest BCUT2D eigenvalue weighted by Gasteiger charge is 2.24. The van der Waals surface area contributed by atoms with E-state index in [4.69, 9.17) is 0 Å². The van der Waals surface area contributed by atoms with Crippen LogP contribution in [0.5, 0.6) is 0 Å². The molecule has 24 heavy (non-hydrogen) atoms. The van der Waals surface area contributed by atoms with Gasteiger partial charge in [0.05, 0.1) is 11.1 Å². The highest BCUT2D eigenvalue weighted by atomic mass is 35.5. The van der Waals surface area contributed by atoms with Crippen molar-refractivity contribution >= 4 is 22.3 Å². The summed E-state index contributed by atoms with van der Waals surface area (Å²) >= 11 is 0. The number of fused-ring (bicyclic) bond motifs is 2. The fourth-order valence-corrected chi connectivity index (χ4v) is 3.56. The minimum atomic E-state index is 0. The van der Waals surface area contributed by atoms with Gasteiger partial charge in [-0.3, -0.25) is 0 Å². The van der Waals surface area contributed by atoms with Crippen molar-refractivity contribution in [3.05, 3.63) is 64.3 Å². The van der Waals surface area contributed by atoms with Gasteiger partial charge in [-0.1, -0.05) is 12.1 Å². The molecule has 0 bridgehead atoms. The molecule has 0 saturated carbocycles. The molecule has 3 aromatic rings. The highest BCUT2D eigenvalue weighted by molar-refractivity contribution is 5.94. The van der Waals surface area contributed by atoms with E-state index in [0.717, 1.165) is 12.8 Å². The first kappa shape index (κ1) is 16.8. The van der Waals surface area contributed by atoms with Crippen LogP contribution in [0.3, 0.4) is 0 Å². The molecule has 1 aliphatic carbocycles. The van der Waals surface area contributed by atoms with E-state index in [0.29, 0.717) is 0 Å². The van der Waals surface area contributed by atoms with E-state index in [-0.39, 0.29) is 12.4 Å². The number of pyridine rings is 1. The quantitative estimate of drug-likeness (QED) is 0.758. The number of rotatable bonds is 2. The van der Waals surface area contributed by atoms with E-state index < -0.39 is 0 Å². The molecule has 0 fully saturated rings. The van der Waals surface area contributed by atoms with Crippen molar-refractivity contribution in [2.75, 3.05) is 5.32 Å². The van der Waals surface area contributed by atoms with Gasteiger partial charge in [0.2, 0.25) is 5.52 Å². The summed E-state index contributed by atoms with van der Waals surface area (Å²) in [7, 11) is 0. The molecule has 0 aliphatic heterocycles. The Labute approximate surface area is 149 Å². The van der Waals surface area contributed by atoms with Crippen molar-refractivity contribution in [2.45, 2.75) is 40.0 Å². The fourth-order valence-electron chi connectivity index (χ4n) is 3.56. The lowest BCUT2D eigenvalue weighted by Crippen LogP contribution is -3.00. The van der Waals surface area contributed by atoms with Crippen molar-refractivity contribution in [3.63, 3.8) is 0 Å². The Morgan fingerprint density at radius 3 is 2.54 bits per heavy atom. The summed E-state index contributed by atoms with van der Waals surface area (Å²) in [4.78, 5) is 3.64. The third-order valence-electron chi connectivity index (χ3n) is 5.03. The average molecular weight is 339 g/mol. The standard InChI is InChI=1S/C21H22N2.ClH/c1-13-7-10-20-18(11-13)21(17-5-4-6-19(17)23-20)22-16-9-8-14(2)15(3)12-16;/h7-12H,4-6H2,1-3H3,(H,22,23);1H. The largest absolute Gasteiger partial charge is 1.00 e. The third-order valence-corrected chi connectivity index (χ3v) is 5.03. The Kier molecular flexibility index (Phi) is 4.51. The number of aromatic nitrogens is 1. The van der Waals surface area contributed by atoms with E-state index >= 15 is 0 Å². The Bertz CT molecular complexity index is 915. The van der Waals surface area contributed by atoms with E-state index in [1.54, 1.807) is 0 Å². The number of nitrogens with one attached hydrogen (secondary N) is 2. The Balaban J connectivity index is 0.00000169. The third kappa shape index (κ3) is 2.87. The molecule has 1 aromatic heterocycles. The average Bonchev–Trinajstić information content (AvgIpc) is 2.99. The molecule has 0 saturated heterocycles. The number of aromatic amines is 1. The maximum absolute atomic E-state index is 3.72. The van der Waals surface area contributed by atoms with Gasteiger partial charge in [0.25, 0.3) is 0 Å². The molecule has 0 unspecified atom stereocenters. The Morgan fingerprint density at radius 1 is 0.917 bits per heavy atom. The van der Waals surface area contributed by atoms with Crippen LogP contribution < -0.4 is 22.7 Å². The Hall–Kier alpha value is -2.06. The summed E-state index contributed by atoms with van der Waals surface area (Å²) in [5.74, 6) is 0. The lowest BCUT2D eigenvalue weighted by Gasteiger charge is -2.13. The molecule has 0 spiro atoms. The number of H-pyrrole nitrogens is 1. The van der Waals surface area contributed by atoms with Crippen LogP contribution in [0.4, 0.5) is 11.4 Å². The zero-order chi connectivity index (χ0) is 16.0. The summed E-state index contributed by atoms with van der Waals surface area (Å²) in [5.41, 5.74) is 10.5. The monoisotopic (exact) mass is 338 g/mol. The van der Waals surface area contributed by atoms with Crippen molar-refractivity contribution < 1.29 is 17.4 Å². The van der Waals surface area contributed by atoms with Gasteiger partial charge < -0.3 is 17.7 Å². The molecule has 4 rings (SSSR count). The second-order valence-corrected chi connectivity index (χ2v) is 6.78. The SMILES string of the molecule is Cc1ccc2[nH+]c3c(c(Nc4ccc(C)c(C)c4)c2c1)CCC3.[Cl-].